The minimum atomic E-state index is -0.123. The van der Waals surface area contributed by atoms with E-state index in [9.17, 15) is 0 Å². The predicted octanol–water partition coefficient (Wildman–Crippen LogP) is 4.95. The minimum absolute atomic E-state index is 0.123. The van der Waals surface area contributed by atoms with Crippen LogP contribution in [0.15, 0.2) is 54.6 Å². The molecule has 2 aromatic carbocycles. The molecule has 3 aromatic rings. The number of aryl methyl sites for hydroxylation is 1. The van der Waals surface area contributed by atoms with Crippen LogP contribution < -0.4 is 5.32 Å². The number of fused-ring (bicyclic) bond motifs is 1. The van der Waals surface area contributed by atoms with Crippen LogP contribution in [0.4, 0.5) is 5.95 Å². The summed E-state index contributed by atoms with van der Waals surface area (Å²) in [5.74, 6) is 1.41. The maximum Gasteiger partial charge on any atom is 0.226 e. The smallest absolute Gasteiger partial charge is 0.226 e. The minimum Gasteiger partial charge on any atom is -0.324 e. The van der Waals surface area contributed by atoms with Crippen LogP contribution in [0.2, 0.25) is 10.0 Å². The lowest BCUT2D eigenvalue weighted by Gasteiger charge is -2.25. The number of nitrogens with one attached hydrogen (secondary N) is 1. The Kier molecular flexibility index (Phi) is 3.79. The first-order valence-corrected chi connectivity index (χ1v) is 8.30. The zero-order valence-corrected chi connectivity index (χ0v) is 14.4. The standard InChI is InChI=1S/C18H14Cl2N4/c1-11-21-18-22-16(12-6-8-13(19)9-7-12)10-17(24(18)23-11)14-4-2-3-5-15(14)20/h2-10,17H,1H3,(H,21,22,23)/t17-/m1/s1. The van der Waals surface area contributed by atoms with Gasteiger partial charge in [-0.3, -0.25) is 0 Å². The molecule has 0 bridgehead atoms. The Morgan fingerprint density at radius 1 is 1.04 bits per heavy atom. The fourth-order valence-corrected chi connectivity index (χ4v) is 3.21. The van der Waals surface area contributed by atoms with Gasteiger partial charge in [0.05, 0.1) is 0 Å². The summed E-state index contributed by atoms with van der Waals surface area (Å²) in [7, 11) is 0. The molecule has 0 unspecified atom stereocenters. The second-order valence-corrected chi connectivity index (χ2v) is 6.45. The summed E-state index contributed by atoms with van der Waals surface area (Å²) in [6.45, 7) is 1.87. The van der Waals surface area contributed by atoms with Gasteiger partial charge in [-0.25, -0.2) is 4.68 Å². The van der Waals surface area contributed by atoms with Gasteiger partial charge in [-0.15, -0.1) is 0 Å². The third kappa shape index (κ3) is 2.68. The van der Waals surface area contributed by atoms with E-state index in [-0.39, 0.29) is 6.04 Å². The summed E-state index contributed by atoms with van der Waals surface area (Å²) >= 11 is 12.4. The first-order valence-electron chi connectivity index (χ1n) is 7.54. The van der Waals surface area contributed by atoms with Crippen molar-refractivity contribution in [1.82, 2.24) is 14.8 Å². The monoisotopic (exact) mass is 356 g/mol. The van der Waals surface area contributed by atoms with Crippen molar-refractivity contribution in [2.24, 2.45) is 0 Å². The molecule has 0 amide bonds. The van der Waals surface area contributed by atoms with E-state index < -0.39 is 0 Å². The number of halogens is 2. The highest BCUT2D eigenvalue weighted by Crippen LogP contribution is 2.35. The van der Waals surface area contributed by atoms with Crippen molar-refractivity contribution in [1.29, 1.82) is 0 Å². The van der Waals surface area contributed by atoms with Gasteiger partial charge in [0, 0.05) is 15.7 Å². The van der Waals surface area contributed by atoms with E-state index in [0.29, 0.717) is 21.8 Å². The predicted molar refractivity (Wildman–Crippen MR) is 97.4 cm³/mol. The maximum absolute atomic E-state index is 6.42. The summed E-state index contributed by atoms with van der Waals surface area (Å²) in [4.78, 5) is 4.48. The van der Waals surface area contributed by atoms with Crippen molar-refractivity contribution < 1.29 is 0 Å². The molecule has 1 N–H and O–H groups in total. The molecule has 0 radical (unpaired) electrons. The average Bonchev–Trinajstić information content (AvgIpc) is 2.95. The number of allylic oxidation sites excluding steroid dienone is 1. The summed E-state index contributed by atoms with van der Waals surface area (Å²) in [5, 5.41) is 9.26. The van der Waals surface area contributed by atoms with E-state index in [4.69, 9.17) is 23.2 Å². The molecule has 120 valence electrons. The Hall–Kier alpha value is -2.30. The van der Waals surface area contributed by atoms with E-state index in [1.807, 2.05) is 60.1 Å². The van der Waals surface area contributed by atoms with E-state index in [2.05, 4.69) is 21.5 Å². The van der Waals surface area contributed by atoms with Crippen molar-refractivity contribution in [2.75, 3.05) is 5.32 Å². The van der Waals surface area contributed by atoms with Gasteiger partial charge in [0.1, 0.15) is 11.9 Å². The molecular formula is C18H14Cl2N4. The van der Waals surface area contributed by atoms with Gasteiger partial charge < -0.3 is 5.32 Å². The molecule has 4 rings (SSSR count). The first-order chi connectivity index (χ1) is 11.6. The zero-order valence-electron chi connectivity index (χ0n) is 12.9. The number of aromatic nitrogens is 3. The van der Waals surface area contributed by atoms with Crippen molar-refractivity contribution in [3.05, 3.63) is 81.6 Å². The number of anilines is 1. The van der Waals surface area contributed by atoms with Crippen molar-refractivity contribution in [3.63, 3.8) is 0 Å². The van der Waals surface area contributed by atoms with Gasteiger partial charge in [-0.05, 0) is 42.3 Å². The number of hydrogen-bond donors (Lipinski definition) is 1. The molecule has 24 heavy (non-hydrogen) atoms. The van der Waals surface area contributed by atoms with E-state index >= 15 is 0 Å². The summed E-state index contributed by atoms with van der Waals surface area (Å²) < 4.78 is 1.86. The lowest BCUT2D eigenvalue weighted by Crippen LogP contribution is -2.20. The number of nitrogens with zero attached hydrogens (tertiary/aromatic N) is 3. The van der Waals surface area contributed by atoms with Gasteiger partial charge in [0.2, 0.25) is 5.95 Å². The van der Waals surface area contributed by atoms with Crippen LogP contribution >= 0.6 is 23.2 Å². The van der Waals surface area contributed by atoms with Gasteiger partial charge >= 0.3 is 0 Å². The van der Waals surface area contributed by atoms with Crippen LogP contribution in [0.25, 0.3) is 5.70 Å². The topological polar surface area (TPSA) is 42.7 Å². The highest BCUT2D eigenvalue weighted by molar-refractivity contribution is 6.31. The molecule has 0 fully saturated rings. The largest absolute Gasteiger partial charge is 0.324 e. The molecule has 1 aromatic heterocycles. The van der Waals surface area contributed by atoms with Crippen LogP contribution in [0, 0.1) is 6.92 Å². The second kappa shape index (κ2) is 5.96. The molecule has 2 heterocycles. The molecule has 4 nitrogen and oxygen atoms in total. The number of benzene rings is 2. The van der Waals surface area contributed by atoms with E-state index in [1.54, 1.807) is 0 Å². The van der Waals surface area contributed by atoms with Gasteiger partial charge in [-0.2, -0.15) is 10.1 Å². The Bertz CT molecular complexity index is 928. The molecule has 0 aliphatic carbocycles. The third-order valence-electron chi connectivity index (χ3n) is 3.95. The highest BCUT2D eigenvalue weighted by Gasteiger charge is 2.25. The lowest BCUT2D eigenvalue weighted by atomic mass is 10.0. The van der Waals surface area contributed by atoms with Gasteiger partial charge in [-0.1, -0.05) is 53.5 Å². The Balaban J connectivity index is 1.85. The molecule has 1 aliphatic heterocycles. The quantitative estimate of drug-likeness (QED) is 0.706. The van der Waals surface area contributed by atoms with Crippen LogP contribution in [-0.2, 0) is 0 Å². The van der Waals surface area contributed by atoms with Crippen LogP contribution in [0.5, 0.6) is 0 Å². The Morgan fingerprint density at radius 3 is 2.54 bits per heavy atom. The lowest BCUT2D eigenvalue weighted by molar-refractivity contribution is 0.607. The SMILES string of the molecule is Cc1nc2n(n1)[C@@H](c1ccccc1Cl)C=C(c1ccc(Cl)cc1)N2. The Labute approximate surface area is 149 Å². The maximum atomic E-state index is 6.42. The van der Waals surface area contributed by atoms with Crippen molar-refractivity contribution >= 4 is 34.8 Å². The number of hydrogen-bond acceptors (Lipinski definition) is 3. The third-order valence-corrected chi connectivity index (χ3v) is 4.55. The zero-order chi connectivity index (χ0) is 16.7. The van der Waals surface area contributed by atoms with Gasteiger partial charge in [0.25, 0.3) is 0 Å². The van der Waals surface area contributed by atoms with Crippen molar-refractivity contribution in [2.45, 2.75) is 13.0 Å². The normalized spacial score (nSPS) is 16.3. The summed E-state index contributed by atoms with van der Waals surface area (Å²) in [6.07, 6.45) is 2.10. The Morgan fingerprint density at radius 2 is 1.79 bits per heavy atom. The van der Waals surface area contributed by atoms with Crippen LogP contribution in [-0.4, -0.2) is 14.8 Å². The van der Waals surface area contributed by atoms with Crippen LogP contribution in [0.1, 0.15) is 23.0 Å². The molecule has 1 atom stereocenters. The molecular weight excluding hydrogens is 343 g/mol. The average molecular weight is 357 g/mol. The first kappa shape index (κ1) is 15.2. The van der Waals surface area contributed by atoms with Gasteiger partial charge in [0.15, 0.2) is 0 Å². The molecule has 0 saturated heterocycles. The summed E-state index contributed by atoms with van der Waals surface area (Å²) in [6, 6.07) is 15.4. The van der Waals surface area contributed by atoms with Crippen LogP contribution in [0.3, 0.4) is 0 Å². The van der Waals surface area contributed by atoms with E-state index in [0.717, 1.165) is 16.8 Å². The molecule has 0 spiro atoms. The molecule has 1 aliphatic rings. The fourth-order valence-electron chi connectivity index (χ4n) is 2.83. The highest BCUT2D eigenvalue weighted by atomic mass is 35.5. The van der Waals surface area contributed by atoms with E-state index in [1.165, 1.54) is 0 Å². The molecule has 0 saturated carbocycles. The number of rotatable bonds is 2. The van der Waals surface area contributed by atoms with Crippen molar-refractivity contribution in [3.8, 4) is 0 Å². The fraction of sp³-hybridized carbons (Fsp3) is 0.111. The second-order valence-electron chi connectivity index (χ2n) is 5.61. The molecule has 6 heteroatoms. The summed E-state index contributed by atoms with van der Waals surface area (Å²) in [5.41, 5.74) is 2.97.